The quantitative estimate of drug-likeness (QED) is 0.225. The molecule has 41 heavy (non-hydrogen) atoms. The molecule has 0 amide bonds. The Labute approximate surface area is 236 Å². The zero-order valence-electron chi connectivity index (χ0n) is 22.2. The van der Waals surface area contributed by atoms with Crippen LogP contribution in [0.2, 0.25) is 0 Å². The maximum Gasteiger partial charge on any atom is 0.143 e. The van der Waals surface area contributed by atoms with Crippen molar-refractivity contribution >= 4 is 54.8 Å². The first-order chi connectivity index (χ1) is 20.4. The minimum absolute atomic E-state index is 0.919. The van der Waals surface area contributed by atoms with Crippen LogP contribution in [0, 0.1) is 0 Å². The predicted octanol–water partition coefficient (Wildman–Crippen LogP) is 10.3. The average molecular weight is 525 g/mol. The van der Waals surface area contributed by atoms with Gasteiger partial charge < -0.3 is 13.6 Å². The van der Waals surface area contributed by atoms with Gasteiger partial charge >= 0.3 is 0 Å². The van der Waals surface area contributed by atoms with E-state index in [4.69, 9.17) is 4.42 Å². The van der Waals surface area contributed by atoms with Crippen LogP contribution in [0.5, 0.6) is 0 Å². The van der Waals surface area contributed by atoms with E-state index in [-0.39, 0.29) is 0 Å². The van der Waals surface area contributed by atoms with Gasteiger partial charge in [0.15, 0.2) is 0 Å². The van der Waals surface area contributed by atoms with E-state index in [1.807, 2.05) is 12.1 Å². The van der Waals surface area contributed by atoms with Crippen LogP contribution >= 0.6 is 0 Å². The number of benzene rings is 6. The minimum atomic E-state index is 0.919. The summed E-state index contributed by atoms with van der Waals surface area (Å²) in [6.07, 6.45) is 0. The normalized spacial score (nSPS) is 11.9. The molecule has 0 N–H and O–H groups in total. The van der Waals surface area contributed by atoms with Crippen molar-refractivity contribution < 1.29 is 4.42 Å². The summed E-state index contributed by atoms with van der Waals surface area (Å²) in [7, 11) is 0. The largest absolute Gasteiger partial charge is 0.455 e. The minimum Gasteiger partial charge on any atom is -0.455 e. The van der Waals surface area contributed by atoms with Gasteiger partial charge in [-0.1, -0.05) is 103 Å². The lowest BCUT2D eigenvalue weighted by Crippen LogP contribution is -1.93. The maximum atomic E-state index is 6.34. The van der Waals surface area contributed by atoms with Gasteiger partial charge in [-0.3, -0.25) is 0 Å². The van der Waals surface area contributed by atoms with Crippen LogP contribution in [0.1, 0.15) is 0 Å². The van der Waals surface area contributed by atoms with Crippen LogP contribution in [-0.2, 0) is 0 Å². The van der Waals surface area contributed by atoms with Crippen LogP contribution in [-0.4, -0.2) is 9.13 Å². The Morgan fingerprint density at radius 3 is 1.61 bits per heavy atom. The summed E-state index contributed by atoms with van der Waals surface area (Å²) in [5, 5.41) is 4.77. The van der Waals surface area contributed by atoms with E-state index in [0.717, 1.165) is 44.4 Å². The van der Waals surface area contributed by atoms with Crippen molar-refractivity contribution in [3.05, 3.63) is 146 Å². The molecular formula is C38H24N2O. The van der Waals surface area contributed by atoms with Crippen molar-refractivity contribution in [2.45, 2.75) is 0 Å². The molecule has 0 fully saturated rings. The molecule has 192 valence electrons. The Bertz CT molecular complexity index is 2400. The molecule has 0 radical (unpaired) electrons. The standard InChI is InChI=1S/C38H24N2O/c1-2-11-26(12-3-1)39-33-18-7-4-14-31(33)37-36(39)32-15-5-8-19-34(32)40(37)27-23-21-25(22-24-27)28-16-10-17-30-29-13-6-9-20-35(29)41-38(28)30/h1-24H. The third-order valence-electron chi connectivity index (χ3n) is 8.33. The molecular weight excluding hydrogens is 500 g/mol. The Morgan fingerprint density at radius 1 is 0.390 bits per heavy atom. The van der Waals surface area contributed by atoms with Gasteiger partial charge in [-0.15, -0.1) is 0 Å². The second-order valence-corrected chi connectivity index (χ2v) is 10.6. The highest BCUT2D eigenvalue weighted by atomic mass is 16.3. The highest BCUT2D eigenvalue weighted by Crippen LogP contribution is 2.41. The summed E-state index contributed by atoms with van der Waals surface area (Å²) < 4.78 is 11.2. The monoisotopic (exact) mass is 524 g/mol. The lowest BCUT2D eigenvalue weighted by Gasteiger charge is -2.10. The zero-order valence-corrected chi connectivity index (χ0v) is 22.2. The molecule has 0 aliphatic rings. The number of rotatable bonds is 3. The van der Waals surface area contributed by atoms with Crippen LogP contribution in [0.25, 0.3) is 77.3 Å². The number of nitrogens with zero attached hydrogens (tertiary/aromatic N) is 2. The third-order valence-corrected chi connectivity index (χ3v) is 8.33. The molecule has 0 unspecified atom stereocenters. The number of aromatic nitrogens is 2. The van der Waals surface area contributed by atoms with Crippen molar-refractivity contribution in [1.82, 2.24) is 9.13 Å². The third kappa shape index (κ3) is 3.14. The van der Waals surface area contributed by atoms with Crippen molar-refractivity contribution in [2.75, 3.05) is 0 Å². The summed E-state index contributed by atoms with van der Waals surface area (Å²) in [6, 6.07) is 51.7. The fraction of sp³-hybridized carbons (Fsp3) is 0. The Balaban J connectivity index is 1.30. The van der Waals surface area contributed by atoms with E-state index in [9.17, 15) is 0 Å². The Morgan fingerprint density at radius 2 is 0.927 bits per heavy atom. The fourth-order valence-electron chi connectivity index (χ4n) is 6.56. The molecule has 0 aliphatic heterocycles. The van der Waals surface area contributed by atoms with Gasteiger partial charge in [0.05, 0.1) is 22.1 Å². The van der Waals surface area contributed by atoms with Gasteiger partial charge in [-0.05, 0) is 48.0 Å². The molecule has 0 spiro atoms. The van der Waals surface area contributed by atoms with Crippen molar-refractivity contribution in [3.63, 3.8) is 0 Å². The molecule has 0 bridgehead atoms. The van der Waals surface area contributed by atoms with Crippen LogP contribution in [0.15, 0.2) is 150 Å². The van der Waals surface area contributed by atoms with E-state index in [1.165, 1.54) is 32.8 Å². The zero-order chi connectivity index (χ0) is 26.9. The van der Waals surface area contributed by atoms with Gasteiger partial charge in [0.1, 0.15) is 11.2 Å². The first kappa shape index (κ1) is 22.3. The molecule has 9 aromatic rings. The van der Waals surface area contributed by atoms with Crippen molar-refractivity contribution in [3.8, 4) is 22.5 Å². The highest BCUT2D eigenvalue weighted by molar-refractivity contribution is 6.20. The second kappa shape index (κ2) is 8.48. The lowest BCUT2D eigenvalue weighted by molar-refractivity contribution is 0.670. The molecule has 0 saturated heterocycles. The van der Waals surface area contributed by atoms with E-state index in [2.05, 4.69) is 143 Å². The van der Waals surface area contributed by atoms with E-state index >= 15 is 0 Å². The smallest absolute Gasteiger partial charge is 0.143 e. The second-order valence-electron chi connectivity index (χ2n) is 10.6. The molecule has 3 heteroatoms. The van der Waals surface area contributed by atoms with Crippen molar-refractivity contribution in [2.24, 2.45) is 0 Å². The molecule has 0 saturated carbocycles. The molecule has 3 nitrogen and oxygen atoms in total. The number of furan rings is 1. The number of para-hydroxylation sites is 5. The summed E-state index contributed by atoms with van der Waals surface area (Å²) in [5.74, 6) is 0. The van der Waals surface area contributed by atoms with Gasteiger partial charge in [0.2, 0.25) is 0 Å². The lowest BCUT2D eigenvalue weighted by atomic mass is 10.0. The summed E-state index contributed by atoms with van der Waals surface area (Å²) in [5.41, 5.74) is 11.2. The summed E-state index contributed by atoms with van der Waals surface area (Å²) >= 11 is 0. The predicted molar refractivity (Wildman–Crippen MR) is 170 cm³/mol. The highest BCUT2D eigenvalue weighted by Gasteiger charge is 2.21. The van der Waals surface area contributed by atoms with Gasteiger partial charge in [-0.2, -0.15) is 0 Å². The van der Waals surface area contributed by atoms with Gasteiger partial charge in [0.25, 0.3) is 0 Å². The fourth-order valence-corrected chi connectivity index (χ4v) is 6.56. The summed E-state index contributed by atoms with van der Waals surface area (Å²) in [4.78, 5) is 0. The van der Waals surface area contributed by atoms with Gasteiger partial charge in [0, 0.05) is 38.5 Å². The first-order valence-electron chi connectivity index (χ1n) is 14.0. The van der Waals surface area contributed by atoms with Crippen LogP contribution in [0.4, 0.5) is 0 Å². The average Bonchev–Trinajstić information content (AvgIpc) is 3.69. The Hall–Kier alpha value is -5.54. The number of fused-ring (bicyclic) bond motifs is 8. The van der Waals surface area contributed by atoms with E-state index in [1.54, 1.807) is 0 Å². The molecule has 3 heterocycles. The summed E-state index contributed by atoms with van der Waals surface area (Å²) in [6.45, 7) is 0. The van der Waals surface area contributed by atoms with Gasteiger partial charge in [-0.25, -0.2) is 0 Å². The Kier molecular flexibility index (Phi) is 4.61. The van der Waals surface area contributed by atoms with E-state index in [0.29, 0.717) is 0 Å². The van der Waals surface area contributed by atoms with Crippen LogP contribution < -0.4 is 0 Å². The van der Waals surface area contributed by atoms with Crippen LogP contribution in [0.3, 0.4) is 0 Å². The number of hydrogen-bond donors (Lipinski definition) is 0. The van der Waals surface area contributed by atoms with E-state index < -0.39 is 0 Å². The molecule has 0 aliphatic carbocycles. The molecule has 6 aromatic carbocycles. The SMILES string of the molecule is c1ccc(-n2c3ccccc3c3c2c2ccccc2n3-c2ccc(-c3cccc4c3oc3ccccc34)cc2)cc1. The van der Waals surface area contributed by atoms with Crippen molar-refractivity contribution in [1.29, 1.82) is 0 Å². The molecule has 9 rings (SSSR count). The topological polar surface area (TPSA) is 23.0 Å². The number of hydrogen-bond acceptors (Lipinski definition) is 1. The maximum absolute atomic E-state index is 6.34. The molecule has 0 atom stereocenters. The molecule has 3 aromatic heterocycles. The first-order valence-corrected chi connectivity index (χ1v) is 14.0.